The number of carboxylic acid groups (broad SMARTS) is 1. The van der Waals surface area contributed by atoms with E-state index in [2.05, 4.69) is 5.92 Å². The third kappa shape index (κ3) is 2.63. The lowest BCUT2D eigenvalue weighted by Gasteiger charge is -2.52. The molecule has 3 heteroatoms. The molecule has 0 aromatic rings. The van der Waals surface area contributed by atoms with Crippen molar-refractivity contribution in [2.24, 2.45) is 5.41 Å². The summed E-state index contributed by atoms with van der Waals surface area (Å²) < 4.78 is 0. The quantitative estimate of drug-likeness (QED) is 0.762. The summed E-state index contributed by atoms with van der Waals surface area (Å²) in [6.45, 7) is 1.87. The predicted molar refractivity (Wildman–Crippen MR) is 66.6 cm³/mol. The fourth-order valence-electron chi connectivity index (χ4n) is 3.31. The highest BCUT2D eigenvalue weighted by molar-refractivity contribution is 5.74. The molecule has 1 saturated heterocycles. The molecular weight excluding hydrogens is 214 g/mol. The van der Waals surface area contributed by atoms with E-state index in [9.17, 15) is 4.79 Å². The lowest BCUT2D eigenvalue weighted by molar-refractivity contribution is -0.149. The standard InChI is InChI=1S/C14H21NO2/c1-2-7-12(13(16)17)15-10-14(11-15)8-5-3-4-6-9-14/h1,12H,3-11H2,(H,16,17). The molecule has 1 atom stereocenters. The minimum atomic E-state index is -0.772. The number of aliphatic carboxylic acids is 1. The molecule has 94 valence electrons. The summed E-state index contributed by atoms with van der Waals surface area (Å²) in [6.07, 6.45) is 13.4. The van der Waals surface area contributed by atoms with E-state index >= 15 is 0 Å². The summed E-state index contributed by atoms with van der Waals surface area (Å²) in [5, 5.41) is 9.14. The van der Waals surface area contributed by atoms with Crippen molar-refractivity contribution < 1.29 is 9.90 Å². The number of carbonyl (C=O) groups is 1. The van der Waals surface area contributed by atoms with E-state index in [4.69, 9.17) is 11.5 Å². The zero-order valence-corrected chi connectivity index (χ0v) is 10.3. The van der Waals surface area contributed by atoms with Crippen LogP contribution in [0, 0.1) is 17.8 Å². The van der Waals surface area contributed by atoms with Gasteiger partial charge in [0.15, 0.2) is 0 Å². The van der Waals surface area contributed by atoms with Gasteiger partial charge in [0.05, 0.1) is 0 Å². The van der Waals surface area contributed by atoms with Crippen LogP contribution in [0.15, 0.2) is 0 Å². The Morgan fingerprint density at radius 3 is 2.35 bits per heavy atom. The van der Waals surface area contributed by atoms with Gasteiger partial charge < -0.3 is 5.11 Å². The third-order valence-electron chi connectivity index (χ3n) is 4.28. The Hall–Kier alpha value is -1.01. The van der Waals surface area contributed by atoms with Gasteiger partial charge in [-0.1, -0.05) is 25.7 Å². The Morgan fingerprint density at radius 1 is 1.29 bits per heavy atom. The monoisotopic (exact) mass is 235 g/mol. The molecule has 1 aliphatic carbocycles. The van der Waals surface area contributed by atoms with E-state index in [-0.39, 0.29) is 0 Å². The Morgan fingerprint density at radius 2 is 1.88 bits per heavy atom. The van der Waals surface area contributed by atoms with Crippen molar-refractivity contribution in [1.82, 2.24) is 4.90 Å². The van der Waals surface area contributed by atoms with E-state index in [0.29, 0.717) is 11.8 Å². The van der Waals surface area contributed by atoms with Crippen molar-refractivity contribution in [3.8, 4) is 12.3 Å². The zero-order chi connectivity index (χ0) is 12.3. The van der Waals surface area contributed by atoms with Gasteiger partial charge in [-0.25, -0.2) is 0 Å². The van der Waals surface area contributed by atoms with E-state index in [1.54, 1.807) is 0 Å². The first-order chi connectivity index (χ1) is 8.17. The van der Waals surface area contributed by atoms with Gasteiger partial charge >= 0.3 is 5.97 Å². The van der Waals surface area contributed by atoms with Gasteiger partial charge in [0.2, 0.25) is 0 Å². The first kappa shape index (κ1) is 12.4. The van der Waals surface area contributed by atoms with E-state index < -0.39 is 12.0 Å². The average Bonchev–Trinajstić information content (AvgIpc) is 2.49. The number of nitrogens with zero attached hydrogens (tertiary/aromatic N) is 1. The van der Waals surface area contributed by atoms with Crippen molar-refractivity contribution >= 4 is 5.97 Å². The predicted octanol–water partition coefficient (Wildman–Crippen LogP) is 2.12. The van der Waals surface area contributed by atoms with Gasteiger partial charge in [-0.3, -0.25) is 9.69 Å². The molecular formula is C14H21NO2. The summed E-state index contributed by atoms with van der Waals surface area (Å²) in [4.78, 5) is 13.2. The smallest absolute Gasteiger partial charge is 0.321 e. The van der Waals surface area contributed by atoms with Crippen molar-refractivity contribution in [3.05, 3.63) is 0 Å². The third-order valence-corrected chi connectivity index (χ3v) is 4.28. The van der Waals surface area contributed by atoms with Gasteiger partial charge in [0.25, 0.3) is 0 Å². The summed E-state index contributed by atoms with van der Waals surface area (Å²) in [5.41, 5.74) is 0.415. The highest BCUT2D eigenvalue weighted by Crippen LogP contribution is 2.43. The molecule has 2 aliphatic rings. The Labute approximate surface area is 103 Å². The highest BCUT2D eigenvalue weighted by atomic mass is 16.4. The second kappa shape index (κ2) is 5.10. The van der Waals surface area contributed by atoms with Crippen molar-refractivity contribution in [2.45, 2.75) is 51.0 Å². The lowest BCUT2D eigenvalue weighted by Crippen LogP contribution is -2.61. The second-order valence-electron chi connectivity index (χ2n) is 5.58. The zero-order valence-electron chi connectivity index (χ0n) is 10.3. The van der Waals surface area contributed by atoms with E-state index in [1.807, 2.05) is 4.90 Å². The Bertz CT molecular complexity index is 316. The highest BCUT2D eigenvalue weighted by Gasteiger charge is 2.46. The molecule has 1 heterocycles. The number of terminal acetylenes is 1. The largest absolute Gasteiger partial charge is 0.480 e. The second-order valence-corrected chi connectivity index (χ2v) is 5.58. The van der Waals surface area contributed by atoms with Gasteiger partial charge in [-0.05, 0) is 18.3 Å². The van der Waals surface area contributed by atoms with Crippen molar-refractivity contribution in [3.63, 3.8) is 0 Å². The topological polar surface area (TPSA) is 40.5 Å². The van der Waals surface area contributed by atoms with Crippen LogP contribution in [0.1, 0.15) is 44.9 Å². The molecule has 2 fully saturated rings. The molecule has 0 aromatic carbocycles. The van der Waals surface area contributed by atoms with Crippen LogP contribution in [0.25, 0.3) is 0 Å². The SMILES string of the molecule is C#CCC(C(=O)O)N1CC2(CCCCCC2)C1. The van der Waals surface area contributed by atoms with Crippen LogP contribution < -0.4 is 0 Å². The molecule has 0 aromatic heterocycles. The van der Waals surface area contributed by atoms with Crippen LogP contribution in [0.2, 0.25) is 0 Å². The number of likely N-dealkylation sites (tertiary alicyclic amines) is 1. The van der Waals surface area contributed by atoms with Gasteiger partial charge in [-0.15, -0.1) is 12.3 Å². The van der Waals surface area contributed by atoms with Crippen molar-refractivity contribution in [2.75, 3.05) is 13.1 Å². The van der Waals surface area contributed by atoms with Crippen LogP contribution in [0.3, 0.4) is 0 Å². The summed E-state index contributed by atoms with van der Waals surface area (Å²) in [6, 6.07) is -0.464. The molecule has 1 aliphatic heterocycles. The van der Waals surface area contributed by atoms with Crippen LogP contribution in [0.5, 0.6) is 0 Å². The molecule has 0 amide bonds. The van der Waals surface area contributed by atoms with Gasteiger partial charge in [0.1, 0.15) is 6.04 Å². The molecule has 17 heavy (non-hydrogen) atoms. The van der Waals surface area contributed by atoms with Crippen LogP contribution >= 0.6 is 0 Å². The number of hydrogen-bond acceptors (Lipinski definition) is 2. The maximum Gasteiger partial charge on any atom is 0.321 e. The normalized spacial score (nSPS) is 25.6. The van der Waals surface area contributed by atoms with Gasteiger partial charge in [0, 0.05) is 19.5 Å². The minimum Gasteiger partial charge on any atom is -0.480 e. The molecule has 1 saturated carbocycles. The van der Waals surface area contributed by atoms with Crippen LogP contribution in [0.4, 0.5) is 0 Å². The maximum absolute atomic E-state index is 11.1. The van der Waals surface area contributed by atoms with E-state index in [0.717, 1.165) is 13.1 Å². The van der Waals surface area contributed by atoms with E-state index in [1.165, 1.54) is 38.5 Å². The van der Waals surface area contributed by atoms with Crippen LogP contribution in [-0.4, -0.2) is 35.1 Å². The average molecular weight is 235 g/mol. The number of rotatable bonds is 3. The Balaban J connectivity index is 1.91. The molecule has 2 rings (SSSR count). The molecule has 3 nitrogen and oxygen atoms in total. The summed E-state index contributed by atoms with van der Waals surface area (Å²) in [7, 11) is 0. The first-order valence-electron chi connectivity index (χ1n) is 6.57. The van der Waals surface area contributed by atoms with Gasteiger partial charge in [-0.2, -0.15) is 0 Å². The minimum absolute atomic E-state index is 0.325. The molecule has 0 bridgehead atoms. The fraction of sp³-hybridized carbons (Fsp3) is 0.786. The molecule has 1 unspecified atom stereocenters. The Kier molecular flexibility index (Phi) is 3.73. The summed E-state index contributed by atoms with van der Waals surface area (Å²) in [5.74, 6) is 1.71. The van der Waals surface area contributed by atoms with Crippen molar-refractivity contribution in [1.29, 1.82) is 0 Å². The fourth-order valence-corrected chi connectivity index (χ4v) is 3.31. The first-order valence-corrected chi connectivity index (χ1v) is 6.57. The summed E-state index contributed by atoms with van der Waals surface area (Å²) >= 11 is 0. The molecule has 1 spiro atoms. The maximum atomic E-state index is 11.1. The number of hydrogen-bond donors (Lipinski definition) is 1. The molecule has 1 N–H and O–H groups in total. The molecule has 0 radical (unpaired) electrons. The number of carboxylic acids is 1. The lowest BCUT2D eigenvalue weighted by atomic mass is 9.72. The van der Waals surface area contributed by atoms with Crippen LogP contribution in [-0.2, 0) is 4.79 Å².